The molecule has 0 aliphatic carbocycles. The predicted molar refractivity (Wildman–Crippen MR) is 99.3 cm³/mol. The number of benzene rings is 1. The van der Waals surface area contributed by atoms with Crippen molar-refractivity contribution in [1.29, 1.82) is 0 Å². The van der Waals surface area contributed by atoms with E-state index in [9.17, 15) is 4.79 Å². The van der Waals surface area contributed by atoms with Gasteiger partial charge in [0.15, 0.2) is 0 Å². The monoisotopic (exact) mass is 346 g/mol. The summed E-state index contributed by atoms with van der Waals surface area (Å²) in [5.41, 5.74) is 1.07. The molecule has 1 fully saturated rings. The van der Waals surface area contributed by atoms with Crippen LogP contribution in [0.1, 0.15) is 25.3 Å². The third-order valence-corrected chi connectivity index (χ3v) is 5.88. The summed E-state index contributed by atoms with van der Waals surface area (Å²) in [6, 6.07) is 8.56. The summed E-state index contributed by atoms with van der Waals surface area (Å²) in [5.74, 6) is 0.152. The number of rotatable bonds is 6. The number of carbonyl (C=O) groups is 1. The lowest BCUT2D eigenvalue weighted by molar-refractivity contribution is -0.133. The van der Waals surface area contributed by atoms with E-state index in [2.05, 4.69) is 46.8 Å². The van der Waals surface area contributed by atoms with Gasteiger partial charge in [0.25, 0.3) is 0 Å². The summed E-state index contributed by atoms with van der Waals surface area (Å²) < 4.78 is 6.36. The number of amides is 1. The Morgan fingerprint density at radius 2 is 2.25 bits per heavy atom. The average molecular weight is 346 g/mol. The first kappa shape index (κ1) is 17.4. The van der Waals surface area contributed by atoms with Crippen molar-refractivity contribution >= 4 is 27.3 Å². The van der Waals surface area contributed by atoms with Gasteiger partial charge in [0.1, 0.15) is 0 Å². The van der Waals surface area contributed by atoms with Gasteiger partial charge in [0, 0.05) is 31.4 Å². The first-order valence-corrected chi connectivity index (χ1v) is 9.45. The molecule has 130 valence electrons. The molecule has 0 spiro atoms. The van der Waals surface area contributed by atoms with Crippen LogP contribution < -0.4 is 5.32 Å². The Bertz CT molecular complexity index is 699. The third kappa shape index (κ3) is 3.79. The maximum absolute atomic E-state index is 12.6. The first-order chi connectivity index (χ1) is 11.6. The number of piperidine rings is 1. The maximum atomic E-state index is 12.6. The van der Waals surface area contributed by atoms with Crippen LogP contribution in [0.25, 0.3) is 10.1 Å². The van der Waals surface area contributed by atoms with E-state index < -0.39 is 0 Å². The van der Waals surface area contributed by atoms with Gasteiger partial charge < -0.3 is 10.1 Å². The van der Waals surface area contributed by atoms with Crippen LogP contribution in [-0.4, -0.2) is 44.2 Å². The summed E-state index contributed by atoms with van der Waals surface area (Å²) in [6.07, 6.45) is 2.02. The van der Waals surface area contributed by atoms with E-state index in [0.29, 0.717) is 13.2 Å². The van der Waals surface area contributed by atoms with Gasteiger partial charge in [-0.3, -0.25) is 9.69 Å². The molecule has 3 rings (SSSR count). The van der Waals surface area contributed by atoms with E-state index in [0.717, 1.165) is 32.5 Å². The lowest BCUT2D eigenvalue weighted by atomic mass is 9.81. The number of hydrogen-bond acceptors (Lipinski definition) is 4. The number of fused-ring (bicyclic) bond motifs is 1. The van der Waals surface area contributed by atoms with E-state index in [-0.39, 0.29) is 11.3 Å². The number of nitrogens with one attached hydrogen (secondary N) is 1. The molecular weight excluding hydrogens is 320 g/mol. The lowest BCUT2D eigenvalue weighted by Crippen LogP contribution is -2.50. The van der Waals surface area contributed by atoms with Gasteiger partial charge in [-0.1, -0.05) is 18.2 Å². The molecule has 1 unspecified atom stereocenters. The molecule has 1 aliphatic rings. The highest BCUT2D eigenvalue weighted by molar-refractivity contribution is 7.17. The molecule has 2 aromatic rings. The van der Waals surface area contributed by atoms with Crippen LogP contribution in [0.3, 0.4) is 0 Å². The van der Waals surface area contributed by atoms with Crippen molar-refractivity contribution in [3.63, 3.8) is 0 Å². The summed E-state index contributed by atoms with van der Waals surface area (Å²) in [5, 5.41) is 6.62. The quantitative estimate of drug-likeness (QED) is 0.816. The fourth-order valence-electron chi connectivity index (χ4n) is 3.54. The summed E-state index contributed by atoms with van der Waals surface area (Å²) >= 11 is 1.80. The molecule has 1 saturated heterocycles. The van der Waals surface area contributed by atoms with E-state index in [1.165, 1.54) is 15.6 Å². The number of methoxy groups -OCH3 is 1. The SMILES string of the molecule is COCCNC(=O)C1(C)CCCN(Cc2csc3ccccc23)C1. The van der Waals surface area contributed by atoms with Gasteiger partial charge in [-0.15, -0.1) is 11.3 Å². The second kappa shape index (κ2) is 7.64. The molecule has 1 aliphatic heterocycles. The van der Waals surface area contributed by atoms with Crippen molar-refractivity contribution in [2.45, 2.75) is 26.3 Å². The lowest BCUT2D eigenvalue weighted by Gasteiger charge is -2.39. The van der Waals surface area contributed by atoms with E-state index in [1.54, 1.807) is 18.4 Å². The van der Waals surface area contributed by atoms with E-state index >= 15 is 0 Å². The Hall–Kier alpha value is -1.43. The van der Waals surface area contributed by atoms with Crippen LogP contribution in [0.5, 0.6) is 0 Å². The molecule has 1 atom stereocenters. The molecular formula is C19H26N2O2S. The largest absolute Gasteiger partial charge is 0.383 e. The molecule has 24 heavy (non-hydrogen) atoms. The molecule has 0 saturated carbocycles. The van der Waals surface area contributed by atoms with Crippen molar-refractivity contribution in [2.24, 2.45) is 5.41 Å². The number of thiophene rings is 1. The van der Waals surface area contributed by atoms with Crippen molar-refractivity contribution in [2.75, 3.05) is 33.4 Å². The minimum atomic E-state index is -0.308. The van der Waals surface area contributed by atoms with Crippen molar-refractivity contribution in [1.82, 2.24) is 10.2 Å². The zero-order chi connectivity index (χ0) is 17.0. The molecule has 1 amide bonds. The minimum Gasteiger partial charge on any atom is -0.383 e. The molecule has 1 N–H and O–H groups in total. The van der Waals surface area contributed by atoms with Gasteiger partial charge in [-0.25, -0.2) is 0 Å². The summed E-state index contributed by atoms with van der Waals surface area (Å²) in [4.78, 5) is 15.0. The topological polar surface area (TPSA) is 41.6 Å². The van der Waals surface area contributed by atoms with Crippen LogP contribution in [-0.2, 0) is 16.1 Å². The number of nitrogens with zero attached hydrogens (tertiary/aromatic N) is 1. The van der Waals surface area contributed by atoms with Gasteiger partial charge in [0.2, 0.25) is 5.91 Å². The molecule has 4 nitrogen and oxygen atoms in total. The van der Waals surface area contributed by atoms with Crippen LogP contribution >= 0.6 is 11.3 Å². The summed E-state index contributed by atoms with van der Waals surface area (Å²) in [6.45, 7) is 6.03. The highest BCUT2D eigenvalue weighted by Gasteiger charge is 2.37. The fraction of sp³-hybridized carbons (Fsp3) is 0.526. The Morgan fingerprint density at radius 3 is 3.08 bits per heavy atom. The van der Waals surface area contributed by atoms with Crippen molar-refractivity contribution in [3.8, 4) is 0 Å². The Balaban J connectivity index is 1.65. The Kier molecular flexibility index (Phi) is 5.54. The first-order valence-electron chi connectivity index (χ1n) is 8.57. The van der Waals surface area contributed by atoms with Gasteiger partial charge in [0.05, 0.1) is 12.0 Å². The highest BCUT2D eigenvalue weighted by atomic mass is 32.1. The fourth-order valence-corrected chi connectivity index (χ4v) is 4.49. The molecule has 5 heteroatoms. The zero-order valence-electron chi connectivity index (χ0n) is 14.5. The minimum absolute atomic E-state index is 0.152. The number of ether oxygens (including phenoxy) is 1. The molecule has 1 aromatic heterocycles. The number of likely N-dealkylation sites (tertiary alicyclic amines) is 1. The molecule has 1 aromatic carbocycles. The van der Waals surface area contributed by atoms with Crippen molar-refractivity contribution in [3.05, 3.63) is 35.2 Å². The Morgan fingerprint density at radius 1 is 1.42 bits per heavy atom. The molecule has 0 bridgehead atoms. The van der Waals surface area contributed by atoms with E-state index in [1.807, 2.05) is 0 Å². The smallest absolute Gasteiger partial charge is 0.227 e. The average Bonchev–Trinajstić information content (AvgIpc) is 2.98. The normalized spacial score (nSPS) is 21.9. The number of hydrogen-bond donors (Lipinski definition) is 1. The van der Waals surface area contributed by atoms with Crippen molar-refractivity contribution < 1.29 is 9.53 Å². The summed E-state index contributed by atoms with van der Waals surface area (Å²) in [7, 11) is 1.65. The van der Waals surface area contributed by atoms with Gasteiger partial charge in [-0.05, 0) is 48.7 Å². The van der Waals surface area contributed by atoms with E-state index in [4.69, 9.17) is 4.74 Å². The Labute approximate surface area is 147 Å². The molecule has 2 heterocycles. The number of carbonyl (C=O) groups excluding carboxylic acids is 1. The van der Waals surface area contributed by atoms with Crippen LogP contribution in [0.2, 0.25) is 0 Å². The standard InChI is InChI=1S/C19H26N2O2S/c1-19(18(22)20-9-11-23-2)8-5-10-21(14-19)12-15-13-24-17-7-4-3-6-16(15)17/h3-4,6-7,13H,5,8-12,14H2,1-2H3,(H,20,22). The van der Waals surface area contributed by atoms with Crippen LogP contribution in [0.15, 0.2) is 29.6 Å². The van der Waals surface area contributed by atoms with Crippen LogP contribution in [0, 0.1) is 5.41 Å². The predicted octanol–water partition coefficient (Wildman–Crippen LogP) is 3.27. The second-order valence-corrected chi connectivity index (χ2v) is 7.79. The van der Waals surface area contributed by atoms with Gasteiger partial charge >= 0.3 is 0 Å². The second-order valence-electron chi connectivity index (χ2n) is 6.88. The van der Waals surface area contributed by atoms with Crippen LogP contribution in [0.4, 0.5) is 0 Å². The highest BCUT2D eigenvalue weighted by Crippen LogP contribution is 2.32. The third-order valence-electron chi connectivity index (χ3n) is 4.87. The van der Waals surface area contributed by atoms with Gasteiger partial charge in [-0.2, -0.15) is 0 Å². The zero-order valence-corrected chi connectivity index (χ0v) is 15.3. The maximum Gasteiger partial charge on any atom is 0.227 e. The molecule has 0 radical (unpaired) electrons.